The summed E-state index contributed by atoms with van der Waals surface area (Å²) in [5, 5.41) is 25.9. The van der Waals surface area contributed by atoms with E-state index >= 15 is 0 Å². The summed E-state index contributed by atoms with van der Waals surface area (Å²) in [6.45, 7) is 2.60. The predicted molar refractivity (Wildman–Crippen MR) is 81.7 cm³/mol. The van der Waals surface area contributed by atoms with E-state index in [1.165, 1.54) is 12.1 Å². The molecule has 0 saturated heterocycles. The minimum absolute atomic E-state index is 0.0181. The van der Waals surface area contributed by atoms with Crippen molar-refractivity contribution in [2.75, 3.05) is 17.2 Å². The van der Waals surface area contributed by atoms with Gasteiger partial charge in [-0.1, -0.05) is 0 Å². The molecule has 0 amide bonds. The summed E-state index contributed by atoms with van der Waals surface area (Å²) in [6.07, 6.45) is 0. The number of nitro groups is 1. The molecule has 0 aliphatic carbocycles. The number of non-ortho nitro benzene ring substituents is 1. The Balaban J connectivity index is 2.29. The fraction of sp³-hybridized carbons (Fsp3) is 0.133. The molecule has 106 valence electrons. The zero-order valence-electron chi connectivity index (χ0n) is 11.5. The average Bonchev–Trinajstić information content (AvgIpc) is 2.48. The Hall–Kier alpha value is -3.07. The Morgan fingerprint density at radius 2 is 1.81 bits per heavy atom. The molecule has 0 radical (unpaired) electrons. The molecule has 0 aromatic heterocycles. The van der Waals surface area contributed by atoms with Crippen LogP contribution in [0.2, 0.25) is 0 Å². The first-order valence-electron chi connectivity index (χ1n) is 6.43. The lowest BCUT2D eigenvalue weighted by atomic mass is 10.2. The summed E-state index contributed by atoms with van der Waals surface area (Å²) in [4.78, 5) is 10.5. The molecule has 0 spiro atoms. The molecule has 21 heavy (non-hydrogen) atoms. The van der Waals surface area contributed by atoms with Gasteiger partial charge >= 0.3 is 0 Å². The number of benzene rings is 2. The Morgan fingerprint density at radius 3 is 2.38 bits per heavy atom. The van der Waals surface area contributed by atoms with Crippen LogP contribution in [-0.2, 0) is 0 Å². The van der Waals surface area contributed by atoms with E-state index in [1.807, 2.05) is 13.0 Å². The number of nitriles is 1. The standard InChI is InChI=1S/C15H14N4O2/c1-2-17-13-7-14(9-15(8-13)19(20)21)18-12-5-3-11(10-16)4-6-12/h3-9,17-18H,2H2,1H3. The van der Waals surface area contributed by atoms with E-state index in [-0.39, 0.29) is 5.69 Å². The second kappa shape index (κ2) is 6.39. The summed E-state index contributed by atoms with van der Waals surface area (Å²) in [5.41, 5.74) is 2.64. The van der Waals surface area contributed by atoms with Gasteiger partial charge in [0, 0.05) is 35.7 Å². The number of hydrogen-bond acceptors (Lipinski definition) is 5. The number of nitro benzene ring substituents is 1. The molecule has 2 aromatic rings. The predicted octanol–water partition coefficient (Wildman–Crippen LogP) is 3.64. The molecule has 0 unspecified atom stereocenters. The summed E-state index contributed by atoms with van der Waals surface area (Å²) in [5.74, 6) is 0. The van der Waals surface area contributed by atoms with Crippen molar-refractivity contribution in [2.24, 2.45) is 0 Å². The van der Waals surface area contributed by atoms with Crippen molar-refractivity contribution in [3.05, 3.63) is 58.1 Å². The fourth-order valence-electron chi connectivity index (χ4n) is 1.89. The van der Waals surface area contributed by atoms with Crippen LogP contribution in [0.4, 0.5) is 22.7 Å². The van der Waals surface area contributed by atoms with Crippen molar-refractivity contribution < 1.29 is 4.92 Å². The van der Waals surface area contributed by atoms with Gasteiger partial charge in [-0.3, -0.25) is 10.1 Å². The fourth-order valence-corrected chi connectivity index (χ4v) is 1.89. The third-order valence-corrected chi connectivity index (χ3v) is 2.81. The molecule has 6 nitrogen and oxygen atoms in total. The van der Waals surface area contributed by atoms with E-state index in [1.54, 1.807) is 30.3 Å². The Kier molecular flexibility index (Phi) is 4.36. The molecule has 0 saturated carbocycles. The summed E-state index contributed by atoms with van der Waals surface area (Å²) in [7, 11) is 0. The zero-order chi connectivity index (χ0) is 15.2. The molecular formula is C15H14N4O2. The second-order valence-electron chi connectivity index (χ2n) is 4.37. The second-order valence-corrected chi connectivity index (χ2v) is 4.37. The molecule has 6 heteroatoms. The monoisotopic (exact) mass is 282 g/mol. The van der Waals surface area contributed by atoms with Gasteiger partial charge in [0.2, 0.25) is 0 Å². The molecule has 2 aromatic carbocycles. The van der Waals surface area contributed by atoms with Crippen LogP contribution in [0.15, 0.2) is 42.5 Å². The highest BCUT2D eigenvalue weighted by Crippen LogP contribution is 2.26. The normalized spacial score (nSPS) is 9.71. The molecule has 0 aliphatic heterocycles. The lowest BCUT2D eigenvalue weighted by Crippen LogP contribution is -2.00. The van der Waals surface area contributed by atoms with E-state index in [4.69, 9.17) is 5.26 Å². The van der Waals surface area contributed by atoms with Crippen LogP contribution in [0.1, 0.15) is 12.5 Å². The maximum Gasteiger partial charge on any atom is 0.273 e. The topological polar surface area (TPSA) is 91.0 Å². The van der Waals surface area contributed by atoms with Crippen LogP contribution in [-0.4, -0.2) is 11.5 Å². The number of nitrogens with zero attached hydrogens (tertiary/aromatic N) is 2. The van der Waals surface area contributed by atoms with E-state index in [2.05, 4.69) is 10.6 Å². The van der Waals surface area contributed by atoms with Gasteiger partial charge in [-0.05, 0) is 37.3 Å². The molecule has 0 atom stereocenters. The van der Waals surface area contributed by atoms with Gasteiger partial charge in [0.1, 0.15) is 0 Å². The lowest BCUT2D eigenvalue weighted by molar-refractivity contribution is -0.384. The van der Waals surface area contributed by atoms with Crippen molar-refractivity contribution in [3.8, 4) is 6.07 Å². The molecule has 0 bridgehead atoms. The zero-order valence-corrected chi connectivity index (χ0v) is 11.5. The summed E-state index contributed by atoms with van der Waals surface area (Å²) in [6, 6.07) is 13.7. The van der Waals surface area contributed by atoms with Crippen LogP contribution in [0, 0.1) is 21.4 Å². The molecule has 0 heterocycles. The number of anilines is 3. The lowest BCUT2D eigenvalue weighted by Gasteiger charge is -2.09. The molecule has 0 aliphatic rings. The number of hydrogen-bond donors (Lipinski definition) is 2. The third kappa shape index (κ3) is 3.70. The average molecular weight is 282 g/mol. The highest BCUT2D eigenvalue weighted by molar-refractivity contribution is 5.69. The minimum atomic E-state index is -0.426. The first kappa shape index (κ1) is 14.3. The smallest absolute Gasteiger partial charge is 0.273 e. The Morgan fingerprint density at radius 1 is 1.14 bits per heavy atom. The third-order valence-electron chi connectivity index (χ3n) is 2.81. The van der Waals surface area contributed by atoms with Crippen LogP contribution < -0.4 is 10.6 Å². The Labute approximate surface area is 122 Å². The van der Waals surface area contributed by atoms with Gasteiger partial charge in [-0.15, -0.1) is 0 Å². The van der Waals surface area contributed by atoms with Crippen LogP contribution in [0.3, 0.4) is 0 Å². The van der Waals surface area contributed by atoms with Crippen molar-refractivity contribution >= 4 is 22.7 Å². The molecule has 0 fully saturated rings. The van der Waals surface area contributed by atoms with Crippen molar-refractivity contribution in [1.29, 1.82) is 5.26 Å². The van der Waals surface area contributed by atoms with Gasteiger partial charge in [0.15, 0.2) is 0 Å². The van der Waals surface area contributed by atoms with Crippen LogP contribution in [0.25, 0.3) is 0 Å². The molecule has 2 N–H and O–H groups in total. The van der Waals surface area contributed by atoms with Crippen molar-refractivity contribution in [1.82, 2.24) is 0 Å². The quantitative estimate of drug-likeness (QED) is 0.645. The van der Waals surface area contributed by atoms with Gasteiger partial charge in [0.05, 0.1) is 16.6 Å². The first-order chi connectivity index (χ1) is 10.1. The van der Waals surface area contributed by atoms with E-state index < -0.39 is 4.92 Å². The first-order valence-corrected chi connectivity index (χ1v) is 6.43. The van der Waals surface area contributed by atoms with E-state index in [0.29, 0.717) is 23.5 Å². The maximum absolute atomic E-state index is 11.0. The van der Waals surface area contributed by atoms with Gasteiger partial charge in [0.25, 0.3) is 5.69 Å². The number of rotatable bonds is 5. The SMILES string of the molecule is CCNc1cc(Nc2ccc(C#N)cc2)cc([N+](=O)[O-])c1. The minimum Gasteiger partial charge on any atom is -0.385 e. The molecule has 2 rings (SSSR count). The maximum atomic E-state index is 11.0. The van der Waals surface area contributed by atoms with Gasteiger partial charge in [-0.25, -0.2) is 0 Å². The van der Waals surface area contributed by atoms with E-state index in [0.717, 1.165) is 5.69 Å². The van der Waals surface area contributed by atoms with Gasteiger partial charge < -0.3 is 10.6 Å². The van der Waals surface area contributed by atoms with Crippen LogP contribution in [0.5, 0.6) is 0 Å². The Bertz CT molecular complexity index is 690. The highest BCUT2D eigenvalue weighted by atomic mass is 16.6. The van der Waals surface area contributed by atoms with Crippen LogP contribution >= 0.6 is 0 Å². The van der Waals surface area contributed by atoms with Gasteiger partial charge in [-0.2, -0.15) is 5.26 Å². The number of nitrogens with one attached hydrogen (secondary N) is 2. The highest BCUT2D eigenvalue weighted by Gasteiger charge is 2.09. The summed E-state index contributed by atoms with van der Waals surface area (Å²) >= 11 is 0. The van der Waals surface area contributed by atoms with Crippen molar-refractivity contribution in [3.63, 3.8) is 0 Å². The van der Waals surface area contributed by atoms with E-state index in [9.17, 15) is 10.1 Å². The van der Waals surface area contributed by atoms with Crippen molar-refractivity contribution in [2.45, 2.75) is 6.92 Å². The largest absolute Gasteiger partial charge is 0.385 e. The summed E-state index contributed by atoms with van der Waals surface area (Å²) < 4.78 is 0. The molecular weight excluding hydrogens is 268 g/mol.